The van der Waals surface area contributed by atoms with Crippen molar-refractivity contribution in [2.45, 2.75) is 40.2 Å². The number of rotatable bonds is 3. The Kier molecular flexibility index (Phi) is 10.5. The van der Waals surface area contributed by atoms with Crippen LogP contribution in [0.25, 0.3) is 0 Å². The second kappa shape index (κ2) is 11.5. The largest absolute Gasteiger partial charge is 0.478 e. The van der Waals surface area contributed by atoms with Gasteiger partial charge >= 0.3 is 5.97 Å². The Balaban J connectivity index is 0.000000544. The lowest BCUT2D eigenvalue weighted by Crippen LogP contribution is -2.44. The number of piperazine rings is 1. The third-order valence-corrected chi connectivity index (χ3v) is 3.38. The first-order valence-corrected chi connectivity index (χ1v) is 8.61. The lowest BCUT2D eigenvalue weighted by atomic mass is 10.2. The number of anilines is 1. The van der Waals surface area contributed by atoms with Gasteiger partial charge in [-0.05, 0) is 52.1 Å². The fourth-order valence-electron chi connectivity index (χ4n) is 2.02. The summed E-state index contributed by atoms with van der Waals surface area (Å²) in [5, 5.41) is 8.80. The number of ether oxygens (including phenoxy) is 1. The van der Waals surface area contributed by atoms with Crippen molar-refractivity contribution in [2.75, 3.05) is 38.1 Å². The lowest BCUT2D eigenvalue weighted by Gasteiger charge is -2.34. The molecule has 1 fully saturated rings. The molecule has 1 aliphatic heterocycles. The summed E-state index contributed by atoms with van der Waals surface area (Å²) in [5.41, 5.74) is 1.14. The second-order valence-corrected chi connectivity index (χ2v) is 6.47. The first-order valence-electron chi connectivity index (χ1n) is 8.61. The van der Waals surface area contributed by atoms with Crippen molar-refractivity contribution in [3.05, 3.63) is 29.8 Å². The van der Waals surface area contributed by atoms with Crippen LogP contribution >= 0.6 is 0 Å². The van der Waals surface area contributed by atoms with E-state index in [0.29, 0.717) is 12.0 Å². The molecule has 0 bridgehead atoms. The van der Waals surface area contributed by atoms with Crippen LogP contribution in [0.3, 0.4) is 0 Å². The molecule has 0 atom stereocenters. The van der Waals surface area contributed by atoms with Crippen LogP contribution in [0.5, 0.6) is 0 Å². The van der Waals surface area contributed by atoms with E-state index >= 15 is 0 Å². The molecule has 0 radical (unpaired) electrons. The Morgan fingerprint density at radius 2 is 1.56 bits per heavy atom. The van der Waals surface area contributed by atoms with Crippen LogP contribution in [0.2, 0.25) is 0 Å². The first-order chi connectivity index (χ1) is 11.7. The lowest BCUT2D eigenvalue weighted by molar-refractivity contribution is -0.138. The van der Waals surface area contributed by atoms with Crippen LogP contribution in [0, 0.1) is 0 Å². The number of carbonyl (C=O) groups is 2. The molecule has 1 N–H and O–H groups in total. The molecule has 0 saturated carbocycles. The van der Waals surface area contributed by atoms with Gasteiger partial charge in [-0.3, -0.25) is 4.79 Å². The number of hydrogen-bond donors (Lipinski definition) is 1. The molecule has 6 heteroatoms. The van der Waals surface area contributed by atoms with Gasteiger partial charge in [0.15, 0.2) is 0 Å². The van der Waals surface area contributed by atoms with Gasteiger partial charge in [-0.2, -0.15) is 0 Å². The molecule has 1 heterocycles. The summed E-state index contributed by atoms with van der Waals surface area (Å²) in [7, 11) is 2.12. The molecular weight excluding hydrogens is 320 g/mol. The maximum Gasteiger partial charge on any atom is 0.335 e. The number of aromatic carboxylic acids is 1. The summed E-state index contributed by atoms with van der Waals surface area (Å²) in [4.78, 5) is 24.9. The number of hydrogen-bond acceptors (Lipinski definition) is 5. The van der Waals surface area contributed by atoms with E-state index in [-0.39, 0.29) is 5.60 Å². The van der Waals surface area contributed by atoms with Gasteiger partial charge in [-0.15, -0.1) is 0 Å². The highest BCUT2D eigenvalue weighted by molar-refractivity contribution is 5.88. The fraction of sp³-hybridized carbons (Fsp3) is 0.579. The van der Waals surface area contributed by atoms with Crippen molar-refractivity contribution < 1.29 is 19.4 Å². The molecule has 1 aromatic carbocycles. The van der Waals surface area contributed by atoms with Crippen molar-refractivity contribution in [1.29, 1.82) is 0 Å². The predicted octanol–water partition coefficient (Wildman–Crippen LogP) is 3.12. The SMILES string of the molecule is CC.CC(C)(C)OC=O.CN1CCN(c2ccc(C(=O)O)cc2)CC1. The van der Waals surface area contributed by atoms with Gasteiger partial charge in [-0.25, -0.2) is 4.79 Å². The number of carboxylic acid groups (broad SMARTS) is 1. The molecule has 1 aliphatic rings. The molecule has 0 aliphatic carbocycles. The second-order valence-electron chi connectivity index (χ2n) is 6.47. The third kappa shape index (κ3) is 9.72. The van der Waals surface area contributed by atoms with Gasteiger partial charge in [0.2, 0.25) is 0 Å². The Labute approximate surface area is 151 Å². The average molecular weight is 352 g/mol. The Hall–Kier alpha value is -2.08. The topological polar surface area (TPSA) is 70.1 Å². The minimum absolute atomic E-state index is 0.318. The number of likely N-dealkylation sites (N-methyl/N-ethyl adjacent to an activating group) is 1. The Morgan fingerprint density at radius 3 is 1.88 bits per heavy atom. The van der Waals surface area contributed by atoms with Crippen LogP contribution in [0.1, 0.15) is 45.0 Å². The minimum atomic E-state index is -0.870. The van der Waals surface area contributed by atoms with Crippen LogP contribution < -0.4 is 4.90 Å². The van der Waals surface area contributed by atoms with Gasteiger partial charge < -0.3 is 19.6 Å². The number of nitrogens with zero attached hydrogens (tertiary/aromatic N) is 2. The molecule has 0 spiro atoms. The highest BCUT2D eigenvalue weighted by atomic mass is 16.5. The van der Waals surface area contributed by atoms with Gasteiger partial charge in [0.1, 0.15) is 5.60 Å². The van der Waals surface area contributed by atoms with E-state index in [4.69, 9.17) is 5.11 Å². The average Bonchev–Trinajstić information content (AvgIpc) is 2.57. The Bertz CT molecular complexity index is 501. The summed E-state index contributed by atoms with van der Waals surface area (Å²) in [5.74, 6) is -0.870. The number of carboxylic acids is 1. The van der Waals surface area contributed by atoms with Gasteiger partial charge in [0, 0.05) is 31.9 Å². The predicted molar refractivity (Wildman–Crippen MR) is 101 cm³/mol. The minimum Gasteiger partial charge on any atom is -0.478 e. The normalized spacial score (nSPS) is 14.4. The van der Waals surface area contributed by atoms with Crippen molar-refractivity contribution in [3.63, 3.8) is 0 Å². The number of benzene rings is 1. The molecule has 6 nitrogen and oxygen atoms in total. The van der Waals surface area contributed by atoms with E-state index in [1.165, 1.54) is 0 Å². The summed E-state index contributed by atoms with van der Waals surface area (Å²) >= 11 is 0. The van der Waals surface area contributed by atoms with Crippen LogP contribution in [0.15, 0.2) is 24.3 Å². The van der Waals surface area contributed by atoms with Crippen LogP contribution in [-0.4, -0.2) is 61.3 Å². The summed E-state index contributed by atoms with van der Waals surface area (Å²) < 4.78 is 4.55. The van der Waals surface area contributed by atoms with Gasteiger partial charge in [0.25, 0.3) is 6.47 Å². The van der Waals surface area contributed by atoms with E-state index < -0.39 is 5.97 Å². The van der Waals surface area contributed by atoms with Crippen molar-refractivity contribution in [2.24, 2.45) is 0 Å². The van der Waals surface area contributed by atoms with Crippen molar-refractivity contribution in [3.8, 4) is 0 Å². The van der Waals surface area contributed by atoms with Crippen molar-refractivity contribution >= 4 is 18.1 Å². The molecule has 2 rings (SSSR count). The van der Waals surface area contributed by atoms with Gasteiger partial charge in [-0.1, -0.05) is 13.8 Å². The molecule has 25 heavy (non-hydrogen) atoms. The smallest absolute Gasteiger partial charge is 0.335 e. The van der Waals surface area contributed by atoms with E-state index in [1.807, 2.05) is 46.8 Å². The third-order valence-electron chi connectivity index (χ3n) is 3.38. The number of carbonyl (C=O) groups excluding carboxylic acids is 1. The zero-order valence-electron chi connectivity index (χ0n) is 16.3. The molecule has 0 amide bonds. The molecule has 1 saturated heterocycles. The van der Waals surface area contributed by atoms with E-state index in [0.717, 1.165) is 31.9 Å². The molecule has 0 unspecified atom stereocenters. The Morgan fingerprint density at radius 1 is 1.08 bits per heavy atom. The molecule has 1 aromatic rings. The zero-order chi connectivity index (χ0) is 19.5. The van der Waals surface area contributed by atoms with E-state index in [1.54, 1.807) is 12.1 Å². The summed E-state index contributed by atoms with van der Waals surface area (Å²) in [6.07, 6.45) is 0. The summed E-state index contributed by atoms with van der Waals surface area (Å²) in [6, 6.07) is 7.09. The maximum absolute atomic E-state index is 10.7. The monoisotopic (exact) mass is 352 g/mol. The molecular formula is C19H32N2O4. The summed E-state index contributed by atoms with van der Waals surface area (Å²) in [6.45, 7) is 14.0. The standard InChI is InChI=1S/C12H16N2O2.C5H10O2.C2H6/c1-13-6-8-14(9-7-13)11-4-2-10(3-5-11)12(15)16;1-5(2,3)7-4-6;1-2/h2-5H,6-9H2,1H3,(H,15,16);4H,1-3H3;1-2H3. The van der Waals surface area contributed by atoms with E-state index in [9.17, 15) is 9.59 Å². The highest BCUT2D eigenvalue weighted by Gasteiger charge is 2.14. The zero-order valence-corrected chi connectivity index (χ0v) is 16.3. The van der Waals surface area contributed by atoms with Crippen LogP contribution in [-0.2, 0) is 9.53 Å². The highest BCUT2D eigenvalue weighted by Crippen LogP contribution is 2.16. The van der Waals surface area contributed by atoms with Gasteiger partial charge in [0.05, 0.1) is 5.56 Å². The van der Waals surface area contributed by atoms with E-state index in [2.05, 4.69) is 21.6 Å². The molecule has 142 valence electrons. The fourth-order valence-corrected chi connectivity index (χ4v) is 2.02. The maximum atomic E-state index is 10.7. The van der Waals surface area contributed by atoms with Crippen molar-refractivity contribution in [1.82, 2.24) is 4.90 Å². The molecule has 0 aromatic heterocycles. The van der Waals surface area contributed by atoms with Crippen LogP contribution in [0.4, 0.5) is 5.69 Å². The first kappa shape index (κ1) is 22.9. The quantitative estimate of drug-likeness (QED) is 0.843.